The zero-order valence-corrected chi connectivity index (χ0v) is 15.8. The second-order valence-electron chi connectivity index (χ2n) is 4.58. The Morgan fingerprint density at radius 2 is 1.56 bits per heavy atom. The van der Waals surface area contributed by atoms with Crippen LogP contribution in [-0.2, 0) is 26.2 Å². The molecule has 0 spiro atoms. The maximum absolute atomic E-state index is 2.45. The van der Waals surface area contributed by atoms with Crippen molar-refractivity contribution >= 4 is 28.4 Å². The van der Waals surface area contributed by atoms with Crippen molar-refractivity contribution in [1.82, 2.24) is 0 Å². The summed E-state index contributed by atoms with van der Waals surface area (Å²) in [6, 6.07) is 13.3. The van der Waals surface area contributed by atoms with Gasteiger partial charge in [-0.25, -0.2) is 0 Å². The van der Waals surface area contributed by atoms with E-state index in [1.807, 2.05) is 0 Å². The molecule has 0 fully saturated rings. The van der Waals surface area contributed by atoms with Crippen molar-refractivity contribution in [2.24, 2.45) is 0 Å². The van der Waals surface area contributed by atoms with E-state index in [1.54, 1.807) is 4.40 Å². The minimum Gasteiger partial charge on any atom is -1.00 e. The van der Waals surface area contributed by atoms with Crippen LogP contribution in [0.4, 0.5) is 0 Å². The molecule has 1 radical (unpaired) electrons. The van der Waals surface area contributed by atoms with Gasteiger partial charge in [-0.1, -0.05) is 0 Å². The van der Waals surface area contributed by atoms with Gasteiger partial charge in [0, 0.05) is 0 Å². The number of fused-ring (bicyclic) bond motifs is 1. The first-order valence-electron chi connectivity index (χ1n) is 4.74. The standard InChI is InChI=1S/C12H15Ge.2ClH.Zr/c1-13(2,3)12-9-8-10-6-4-5-7-11(10)12;;;/h4-9H,1-3H3;2*1H;/q-1;;;+3/p-2. The fourth-order valence-corrected chi connectivity index (χ4v) is 5.20. The van der Waals surface area contributed by atoms with E-state index < -0.39 is 13.3 Å². The zero-order valence-electron chi connectivity index (χ0n) is 9.72. The van der Waals surface area contributed by atoms with Crippen molar-refractivity contribution < 1.29 is 51.0 Å². The van der Waals surface area contributed by atoms with Gasteiger partial charge in [0.05, 0.1) is 0 Å². The average molecular weight is 394 g/mol. The van der Waals surface area contributed by atoms with Crippen molar-refractivity contribution in [3.05, 3.63) is 36.4 Å². The molecule has 0 saturated carbocycles. The molecule has 16 heavy (non-hydrogen) atoms. The molecule has 0 aliphatic heterocycles. The summed E-state index contributed by atoms with van der Waals surface area (Å²) in [6.45, 7) is 0. The van der Waals surface area contributed by atoms with Gasteiger partial charge in [0.1, 0.15) is 0 Å². The summed E-state index contributed by atoms with van der Waals surface area (Å²) in [5.41, 5.74) is 0. The molecule has 0 heterocycles. The molecule has 0 N–H and O–H groups in total. The first-order valence-corrected chi connectivity index (χ1v) is 12.1. The second-order valence-corrected chi connectivity index (χ2v) is 15.2. The van der Waals surface area contributed by atoms with Gasteiger partial charge in [0.2, 0.25) is 0 Å². The smallest absolute Gasteiger partial charge is 1.00 e. The molecule has 2 aromatic carbocycles. The van der Waals surface area contributed by atoms with Gasteiger partial charge in [0.25, 0.3) is 0 Å². The molecule has 2 rings (SSSR count). The average Bonchev–Trinajstić information content (AvgIpc) is 2.45. The Morgan fingerprint density at radius 1 is 1.00 bits per heavy atom. The van der Waals surface area contributed by atoms with E-state index >= 15 is 0 Å². The van der Waals surface area contributed by atoms with E-state index in [-0.39, 0.29) is 51.0 Å². The molecule has 0 aliphatic rings. The van der Waals surface area contributed by atoms with E-state index in [4.69, 9.17) is 0 Å². The third-order valence-electron chi connectivity index (χ3n) is 2.49. The van der Waals surface area contributed by atoms with Crippen molar-refractivity contribution in [3.8, 4) is 0 Å². The Balaban J connectivity index is 0. The minimum atomic E-state index is -1.64. The second kappa shape index (κ2) is 7.31. The van der Waals surface area contributed by atoms with Crippen LogP contribution in [0.1, 0.15) is 0 Å². The molecule has 2 aromatic rings. The van der Waals surface area contributed by atoms with Gasteiger partial charge in [-0.2, -0.15) is 0 Å². The van der Waals surface area contributed by atoms with Crippen molar-refractivity contribution in [3.63, 3.8) is 0 Å². The Hall–Kier alpha value is 0.836. The summed E-state index contributed by atoms with van der Waals surface area (Å²) >= 11 is -1.64. The summed E-state index contributed by atoms with van der Waals surface area (Å²) in [5.74, 6) is 7.34. The van der Waals surface area contributed by atoms with Crippen molar-refractivity contribution in [2.75, 3.05) is 0 Å². The predicted octanol–water partition coefficient (Wildman–Crippen LogP) is -2.89. The van der Waals surface area contributed by atoms with E-state index in [9.17, 15) is 0 Å². The first kappa shape index (κ1) is 19.2. The third kappa shape index (κ3) is 3.94. The van der Waals surface area contributed by atoms with E-state index in [0.717, 1.165) is 0 Å². The molecule has 0 atom stereocenters. The van der Waals surface area contributed by atoms with Crippen molar-refractivity contribution in [2.45, 2.75) is 17.3 Å². The topological polar surface area (TPSA) is 0 Å². The molecule has 85 valence electrons. The van der Waals surface area contributed by atoms with Crippen LogP contribution in [0.2, 0.25) is 17.3 Å². The van der Waals surface area contributed by atoms with Crippen LogP contribution in [0, 0.1) is 0 Å². The van der Waals surface area contributed by atoms with Gasteiger partial charge in [0.15, 0.2) is 0 Å². The van der Waals surface area contributed by atoms with Crippen LogP contribution in [0.3, 0.4) is 0 Å². The maximum Gasteiger partial charge on any atom is 3.00 e. The fourth-order valence-electron chi connectivity index (χ4n) is 1.80. The summed E-state index contributed by atoms with van der Waals surface area (Å²) in [7, 11) is 0. The van der Waals surface area contributed by atoms with Crippen LogP contribution in [0.5, 0.6) is 0 Å². The monoisotopic (exact) mass is 393 g/mol. The van der Waals surface area contributed by atoms with E-state index in [0.29, 0.717) is 0 Å². The molecular weight excluding hydrogens is 379 g/mol. The van der Waals surface area contributed by atoms with Gasteiger partial charge >= 0.3 is 108 Å². The van der Waals surface area contributed by atoms with Gasteiger partial charge in [-0.3, -0.25) is 0 Å². The molecule has 0 unspecified atom stereocenters. The summed E-state index contributed by atoms with van der Waals surface area (Å²) in [6.07, 6.45) is 0. The van der Waals surface area contributed by atoms with Crippen LogP contribution in [-0.4, -0.2) is 13.3 Å². The largest absolute Gasteiger partial charge is 3.00 e. The number of hydrogen-bond donors (Lipinski definition) is 0. The molecular formula is C12H15Cl2GeZr. The number of halogens is 2. The quantitative estimate of drug-likeness (QED) is 0.360. The molecule has 0 aromatic heterocycles. The normalized spacial score (nSPS) is 9.94. The minimum absolute atomic E-state index is 0. The molecule has 0 bridgehead atoms. The fraction of sp³-hybridized carbons (Fsp3) is 0.250. The zero-order chi connectivity index (χ0) is 9.47. The predicted molar refractivity (Wildman–Crippen MR) is 62.5 cm³/mol. The number of rotatable bonds is 1. The van der Waals surface area contributed by atoms with E-state index in [1.165, 1.54) is 10.8 Å². The van der Waals surface area contributed by atoms with Crippen LogP contribution in [0.25, 0.3) is 10.8 Å². The summed E-state index contributed by atoms with van der Waals surface area (Å²) in [4.78, 5) is 0. The Labute approximate surface area is 132 Å². The molecule has 0 aliphatic carbocycles. The van der Waals surface area contributed by atoms with Crippen LogP contribution < -0.4 is 29.2 Å². The van der Waals surface area contributed by atoms with Crippen LogP contribution in [0.15, 0.2) is 36.4 Å². The molecule has 0 nitrogen and oxygen atoms in total. The first-order chi connectivity index (χ1) is 6.09. The number of hydrogen-bond acceptors (Lipinski definition) is 0. The Bertz CT molecular complexity index is 432. The molecule has 0 saturated heterocycles. The van der Waals surface area contributed by atoms with Crippen LogP contribution >= 0.6 is 0 Å². The van der Waals surface area contributed by atoms with Gasteiger partial charge < -0.3 is 24.8 Å². The molecule has 4 heteroatoms. The maximum atomic E-state index is 2.45. The Morgan fingerprint density at radius 3 is 2.12 bits per heavy atom. The molecule has 0 amide bonds. The Kier molecular flexibility index (Phi) is 8.76. The van der Waals surface area contributed by atoms with Gasteiger partial charge in [-0.15, -0.1) is 0 Å². The van der Waals surface area contributed by atoms with Crippen molar-refractivity contribution in [1.29, 1.82) is 0 Å². The SMILES string of the molecule is [CH3][Ge]([CH3])([CH3])[c]1c[cH-]c2ccccc12.[Cl-].[Cl-].[Zr+3]. The van der Waals surface area contributed by atoms with E-state index in [2.05, 4.69) is 53.7 Å². The summed E-state index contributed by atoms with van der Waals surface area (Å²) < 4.78 is 1.63. The third-order valence-corrected chi connectivity index (χ3v) is 6.79. The number of benzene rings is 1. The summed E-state index contributed by atoms with van der Waals surface area (Å²) in [5, 5.41) is 2.88. The van der Waals surface area contributed by atoms with Gasteiger partial charge in [-0.05, 0) is 0 Å².